The fourth-order valence-electron chi connectivity index (χ4n) is 7.04. The second kappa shape index (κ2) is 10.1. The van der Waals surface area contributed by atoms with Gasteiger partial charge in [0.15, 0.2) is 17.5 Å². The second-order valence-corrected chi connectivity index (χ2v) is 12.5. The third-order valence-electron chi connectivity index (χ3n) is 9.31. The maximum absolute atomic E-state index is 6.75. The molecule has 0 fully saturated rings. The lowest BCUT2D eigenvalue weighted by Crippen LogP contribution is -2.15. The number of benzene rings is 6. The summed E-state index contributed by atoms with van der Waals surface area (Å²) >= 11 is 0. The van der Waals surface area contributed by atoms with Crippen LogP contribution in [-0.4, -0.2) is 15.0 Å². The Balaban J connectivity index is 1.21. The van der Waals surface area contributed by atoms with E-state index < -0.39 is 0 Å². The van der Waals surface area contributed by atoms with E-state index in [1.807, 2.05) is 36.4 Å². The highest BCUT2D eigenvalue weighted by Gasteiger charge is 2.38. The molecule has 1 aliphatic rings. The van der Waals surface area contributed by atoms with Crippen molar-refractivity contribution in [3.8, 4) is 56.4 Å². The zero-order valence-electron chi connectivity index (χ0n) is 25.5. The minimum Gasteiger partial charge on any atom is -0.456 e. The number of nitrogens with zero attached hydrogens (tertiary/aromatic N) is 3. The predicted octanol–water partition coefficient (Wildman–Crippen LogP) is 10.7. The van der Waals surface area contributed by atoms with E-state index in [1.54, 1.807) is 0 Å². The van der Waals surface area contributed by atoms with Crippen molar-refractivity contribution in [2.45, 2.75) is 19.3 Å². The molecule has 0 saturated heterocycles. The van der Waals surface area contributed by atoms with Gasteiger partial charge in [0, 0.05) is 38.4 Å². The zero-order valence-corrected chi connectivity index (χ0v) is 25.5. The Bertz CT molecular complexity index is 2440. The van der Waals surface area contributed by atoms with E-state index in [0.717, 1.165) is 49.8 Å². The minimum absolute atomic E-state index is 0.163. The molecule has 218 valence electrons. The summed E-state index contributed by atoms with van der Waals surface area (Å²) < 4.78 is 6.75. The Morgan fingerprint density at radius 2 is 1.04 bits per heavy atom. The van der Waals surface area contributed by atoms with Crippen LogP contribution in [0.25, 0.3) is 78.4 Å². The van der Waals surface area contributed by atoms with Crippen molar-refractivity contribution in [3.05, 3.63) is 151 Å². The molecule has 4 nitrogen and oxygen atoms in total. The molecule has 0 saturated carbocycles. The van der Waals surface area contributed by atoms with Gasteiger partial charge in [-0.05, 0) is 52.1 Å². The van der Waals surface area contributed by atoms with Gasteiger partial charge in [0.05, 0.1) is 0 Å². The molecule has 0 N–H and O–H groups in total. The Morgan fingerprint density at radius 1 is 0.457 bits per heavy atom. The Labute approximate surface area is 267 Å². The molecule has 9 rings (SSSR count). The van der Waals surface area contributed by atoms with Gasteiger partial charge >= 0.3 is 0 Å². The number of hydrogen-bond acceptors (Lipinski definition) is 4. The summed E-state index contributed by atoms with van der Waals surface area (Å²) in [6.45, 7) is 4.58. The molecule has 0 unspecified atom stereocenters. The Hall–Kier alpha value is -5.87. The zero-order chi connectivity index (χ0) is 30.8. The quantitative estimate of drug-likeness (QED) is 0.204. The molecule has 0 bridgehead atoms. The number of furan rings is 1. The normalized spacial score (nSPS) is 13.2. The summed E-state index contributed by atoms with van der Waals surface area (Å²) in [6, 6.07) is 48.3. The molecule has 8 aromatic rings. The van der Waals surface area contributed by atoms with Crippen molar-refractivity contribution in [2.24, 2.45) is 0 Å². The van der Waals surface area contributed by atoms with Crippen LogP contribution in [-0.2, 0) is 5.41 Å². The van der Waals surface area contributed by atoms with Crippen molar-refractivity contribution < 1.29 is 4.42 Å². The van der Waals surface area contributed by atoms with Crippen LogP contribution in [0.3, 0.4) is 0 Å². The summed E-state index contributed by atoms with van der Waals surface area (Å²) in [4.78, 5) is 15.0. The largest absolute Gasteiger partial charge is 0.456 e. The highest BCUT2D eigenvalue weighted by molar-refractivity contribution is 6.09. The summed E-state index contributed by atoms with van der Waals surface area (Å²) in [5, 5.41) is 2.21. The van der Waals surface area contributed by atoms with Crippen LogP contribution in [0.4, 0.5) is 0 Å². The van der Waals surface area contributed by atoms with Crippen molar-refractivity contribution in [1.29, 1.82) is 0 Å². The molecule has 2 heterocycles. The molecule has 0 aliphatic heterocycles. The molecular formula is C42H29N3O. The average Bonchev–Trinajstić information content (AvgIpc) is 3.60. The van der Waals surface area contributed by atoms with Gasteiger partial charge in [0.2, 0.25) is 0 Å². The van der Waals surface area contributed by atoms with E-state index in [2.05, 4.69) is 117 Å². The molecule has 4 heteroatoms. The van der Waals surface area contributed by atoms with Gasteiger partial charge in [0.25, 0.3) is 0 Å². The SMILES string of the molecule is CC1(C)c2ccccc2-c2ccc3c(oc4cc(-c5nc(-c6ccccc6)nc(-c6cccc(-c7ccccc7)c6)n5)ccc43)c21. The van der Waals surface area contributed by atoms with Crippen molar-refractivity contribution in [3.63, 3.8) is 0 Å². The van der Waals surface area contributed by atoms with Crippen LogP contribution in [0.5, 0.6) is 0 Å². The fourth-order valence-corrected chi connectivity index (χ4v) is 7.04. The van der Waals surface area contributed by atoms with E-state index in [9.17, 15) is 0 Å². The second-order valence-electron chi connectivity index (χ2n) is 12.5. The van der Waals surface area contributed by atoms with Gasteiger partial charge in [-0.2, -0.15) is 0 Å². The standard InChI is InChI=1S/C42H29N3O/c1-42(2)35-19-10-9-18-31(35)33-22-23-34-32-21-20-30(25-36(32)46-38(34)37(33)42)41-44-39(27-14-7-4-8-15-27)43-40(45-41)29-17-11-16-28(24-29)26-12-5-3-6-13-26/h3-25H,1-2H3. The van der Waals surface area contributed by atoms with Crippen LogP contribution in [0.2, 0.25) is 0 Å². The summed E-state index contributed by atoms with van der Waals surface area (Å²) in [5.74, 6) is 1.87. The van der Waals surface area contributed by atoms with Crippen LogP contribution in [0.1, 0.15) is 25.0 Å². The summed E-state index contributed by atoms with van der Waals surface area (Å²) in [6.07, 6.45) is 0. The lowest BCUT2D eigenvalue weighted by Gasteiger charge is -2.21. The summed E-state index contributed by atoms with van der Waals surface area (Å²) in [5.41, 5.74) is 11.7. The number of hydrogen-bond donors (Lipinski definition) is 0. The lowest BCUT2D eigenvalue weighted by atomic mass is 9.82. The van der Waals surface area contributed by atoms with Crippen LogP contribution in [0.15, 0.2) is 144 Å². The molecule has 0 amide bonds. The molecule has 0 spiro atoms. The Morgan fingerprint density at radius 3 is 1.80 bits per heavy atom. The lowest BCUT2D eigenvalue weighted by molar-refractivity contribution is 0.620. The first-order valence-electron chi connectivity index (χ1n) is 15.6. The van der Waals surface area contributed by atoms with Gasteiger partial charge in [-0.15, -0.1) is 0 Å². The van der Waals surface area contributed by atoms with Crippen molar-refractivity contribution >= 4 is 21.9 Å². The number of rotatable bonds is 4. The van der Waals surface area contributed by atoms with Gasteiger partial charge < -0.3 is 4.42 Å². The monoisotopic (exact) mass is 591 g/mol. The van der Waals surface area contributed by atoms with Crippen LogP contribution < -0.4 is 0 Å². The molecule has 0 atom stereocenters. The van der Waals surface area contributed by atoms with E-state index in [1.165, 1.54) is 22.3 Å². The van der Waals surface area contributed by atoms with Gasteiger partial charge in [0.1, 0.15) is 11.2 Å². The molecule has 2 aromatic heterocycles. The first-order valence-corrected chi connectivity index (χ1v) is 15.6. The minimum atomic E-state index is -0.163. The first kappa shape index (κ1) is 26.5. The van der Waals surface area contributed by atoms with Crippen molar-refractivity contribution in [2.75, 3.05) is 0 Å². The summed E-state index contributed by atoms with van der Waals surface area (Å²) in [7, 11) is 0. The molecular weight excluding hydrogens is 562 g/mol. The molecule has 6 aromatic carbocycles. The van der Waals surface area contributed by atoms with Crippen LogP contribution in [0, 0.1) is 0 Å². The van der Waals surface area contributed by atoms with E-state index >= 15 is 0 Å². The fraction of sp³-hybridized carbons (Fsp3) is 0.0714. The van der Waals surface area contributed by atoms with Crippen molar-refractivity contribution in [1.82, 2.24) is 15.0 Å². The molecule has 0 radical (unpaired) electrons. The Kier molecular flexibility index (Phi) is 5.81. The smallest absolute Gasteiger partial charge is 0.164 e. The van der Waals surface area contributed by atoms with Gasteiger partial charge in [-0.1, -0.05) is 129 Å². The highest BCUT2D eigenvalue weighted by atomic mass is 16.3. The first-order chi connectivity index (χ1) is 22.5. The maximum atomic E-state index is 6.75. The van der Waals surface area contributed by atoms with E-state index in [0.29, 0.717) is 17.5 Å². The van der Waals surface area contributed by atoms with Gasteiger partial charge in [-0.25, -0.2) is 15.0 Å². The van der Waals surface area contributed by atoms with E-state index in [-0.39, 0.29) is 5.41 Å². The van der Waals surface area contributed by atoms with Crippen LogP contribution >= 0.6 is 0 Å². The maximum Gasteiger partial charge on any atom is 0.164 e. The third kappa shape index (κ3) is 4.11. The number of fused-ring (bicyclic) bond motifs is 7. The van der Waals surface area contributed by atoms with E-state index in [4.69, 9.17) is 19.4 Å². The highest BCUT2D eigenvalue weighted by Crippen LogP contribution is 2.52. The predicted molar refractivity (Wildman–Crippen MR) is 186 cm³/mol. The number of aromatic nitrogens is 3. The average molecular weight is 592 g/mol. The topological polar surface area (TPSA) is 51.8 Å². The molecule has 46 heavy (non-hydrogen) atoms. The molecule has 1 aliphatic carbocycles. The van der Waals surface area contributed by atoms with Gasteiger partial charge in [-0.3, -0.25) is 0 Å². The third-order valence-corrected chi connectivity index (χ3v) is 9.31.